The van der Waals surface area contributed by atoms with Crippen LogP contribution in [0.15, 0.2) is 115 Å². The van der Waals surface area contributed by atoms with Crippen molar-refractivity contribution < 1.29 is 0 Å². The molecule has 1 nitrogen and oxygen atoms in total. The summed E-state index contributed by atoms with van der Waals surface area (Å²) < 4.78 is 0. The van der Waals surface area contributed by atoms with Crippen molar-refractivity contribution in [2.75, 3.05) is 4.90 Å². The van der Waals surface area contributed by atoms with Crippen LogP contribution < -0.4 is 4.90 Å². The number of benzene rings is 1. The summed E-state index contributed by atoms with van der Waals surface area (Å²) in [6, 6.07) is 19.3. The first-order valence-electron chi connectivity index (χ1n) is 12.2. The van der Waals surface area contributed by atoms with Crippen molar-refractivity contribution in [3.8, 4) is 0 Å². The summed E-state index contributed by atoms with van der Waals surface area (Å²) in [5.41, 5.74) is 7.20. The third kappa shape index (κ3) is 6.18. The Balaban J connectivity index is 1.54. The minimum atomic E-state index is 0.642. The maximum atomic E-state index is 3.33. The number of nitrogens with zero attached hydrogens (tertiary/aromatic N) is 1. The highest BCUT2D eigenvalue weighted by Gasteiger charge is 2.13. The Hall–Kier alpha value is -3.76. The number of allylic oxidation sites excluding steroid dienone is 13. The molecule has 0 bridgehead atoms. The topological polar surface area (TPSA) is 3.24 Å². The van der Waals surface area contributed by atoms with Gasteiger partial charge in [0.05, 0.1) is 11.4 Å². The average molecular weight is 444 g/mol. The molecule has 4 rings (SSSR count). The van der Waals surface area contributed by atoms with Crippen molar-refractivity contribution in [2.45, 2.75) is 39.5 Å². The monoisotopic (exact) mass is 443 g/mol. The summed E-state index contributed by atoms with van der Waals surface area (Å²) in [7, 11) is 0. The van der Waals surface area contributed by atoms with Gasteiger partial charge in [-0.05, 0) is 80.0 Å². The van der Waals surface area contributed by atoms with Crippen molar-refractivity contribution in [2.24, 2.45) is 5.92 Å². The molecule has 0 unspecified atom stereocenters. The van der Waals surface area contributed by atoms with Gasteiger partial charge in [-0.1, -0.05) is 97.5 Å². The van der Waals surface area contributed by atoms with Gasteiger partial charge in [0, 0.05) is 11.8 Å². The quantitative estimate of drug-likeness (QED) is 0.368. The van der Waals surface area contributed by atoms with E-state index >= 15 is 0 Å². The van der Waals surface area contributed by atoms with Gasteiger partial charge in [0.1, 0.15) is 0 Å². The van der Waals surface area contributed by atoms with Gasteiger partial charge in [-0.25, -0.2) is 0 Å². The van der Waals surface area contributed by atoms with Gasteiger partial charge in [0.25, 0.3) is 0 Å². The molecule has 0 heterocycles. The molecule has 0 fully saturated rings. The second-order valence-corrected chi connectivity index (χ2v) is 8.84. The fraction of sp³-hybridized carbons (Fsp3) is 0.212. The molecule has 2 aromatic carbocycles. The molecule has 1 heteroatoms. The van der Waals surface area contributed by atoms with Gasteiger partial charge in [0.2, 0.25) is 0 Å². The minimum absolute atomic E-state index is 0.642. The van der Waals surface area contributed by atoms with E-state index in [0.29, 0.717) is 5.92 Å². The molecule has 0 spiro atoms. The molecule has 1 atom stereocenters. The van der Waals surface area contributed by atoms with Crippen LogP contribution in [0, 0.1) is 25.0 Å². The zero-order valence-corrected chi connectivity index (χ0v) is 20.2. The average Bonchev–Trinajstić information content (AvgIpc) is 2.88. The van der Waals surface area contributed by atoms with E-state index in [4.69, 9.17) is 0 Å². The fourth-order valence-electron chi connectivity index (χ4n) is 4.23. The first kappa shape index (κ1) is 23.4. The van der Waals surface area contributed by atoms with Crippen molar-refractivity contribution in [1.82, 2.24) is 0 Å². The fourth-order valence-corrected chi connectivity index (χ4v) is 4.23. The van der Waals surface area contributed by atoms with Crippen LogP contribution in [0.4, 0.5) is 11.4 Å². The minimum Gasteiger partial charge on any atom is -0.309 e. The third-order valence-electron chi connectivity index (χ3n) is 6.24. The Bertz CT molecular complexity index is 1170. The summed E-state index contributed by atoms with van der Waals surface area (Å²) in [6.45, 7) is 4.34. The normalized spacial score (nSPS) is 17.9. The molecular formula is C33H33N. The lowest BCUT2D eigenvalue weighted by Crippen LogP contribution is -2.10. The molecule has 0 saturated heterocycles. The van der Waals surface area contributed by atoms with Crippen LogP contribution in [0.3, 0.4) is 0 Å². The molecule has 0 saturated carbocycles. The Morgan fingerprint density at radius 1 is 0.971 bits per heavy atom. The highest BCUT2D eigenvalue weighted by molar-refractivity contribution is 5.85. The van der Waals surface area contributed by atoms with E-state index in [2.05, 4.69) is 133 Å². The molecule has 34 heavy (non-hydrogen) atoms. The van der Waals surface area contributed by atoms with E-state index in [9.17, 15) is 0 Å². The van der Waals surface area contributed by atoms with Crippen molar-refractivity contribution in [3.05, 3.63) is 138 Å². The number of rotatable bonds is 8. The summed E-state index contributed by atoms with van der Waals surface area (Å²) in [5, 5.41) is 0. The maximum absolute atomic E-state index is 3.33. The molecular weight excluding hydrogens is 410 g/mol. The lowest BCUT2D eigenvalue weighted by atomic mass is 9.91. The van der Waals surface area contributed by atoms with Crippen LogP contribution in [-0.2, 0) is 0 Å². The van der Waals surface area contributed by atoms with E-state index in [1.165, 1.54) is 16.7 Å². The number of para-hydroxylation sites is 1. The number of hydrogen-bond donors (Lipinski definition) is 0. The molecule has 0 aliphatic heterocycles. The van der Waals surface area contributed by atoms with E-state index in [0.717, 1.165) is 42.6 Å². The highest BCUT2D eigenvalue weighted by Crippen LogP contribution is 2.34. The smallest absolute Gasteiger partial charge is 0.0969 e. The van der Waals surface area contributed by atoms with Crippen LogP contribution in [0.25, 0.3) is 5.57 Å². The van der Waals surface area contributed by atoms with Gasteiger partial charge in [-0.2, -0.15) is 0 Å². The lowest BCUT2D eigenvalue weighted by Gasteiger charge is -2.23. The molecule has 170 valence electrons. The molecule has 0 radical (unpaired) electrons. The zero-order chi connectivity index (χ0) is 23.6. The molecule has 0 amide bonds. The lowest BCUT2D eigenvalue weighted by molar-refractivity contribution is 0.670. The Labute approximate surface area is 205 Å². The first-order chi connectivity index (χ1) is 16.7. The number of aryl methyl sites for hydroxylation is 1. The van der Waals surface area contributed by atoms with Crippen LogP contribution in [-0.4, -0.2) is 0 Å². The van der Waals surface area contributed by atoms with Crippen molar-refractivity contribution in [1.29, 1.82) is 0 Å². The van der Waals surface area contributed by atoms with E-state index in [-0.39, 0.29) is 0 Å². The van der Waals surface area contributed by atoms with Crippen molar-refractivity contribution in [3.63, 3.8) is 0 Å². The Morgan fingerprint density at radius 3 is 2.65 bits per heavy atom. The van der Waals surface area contributed by atoms with E-state index < -0.39 is 0 Å². The molecule has 0 N–H and O–H groups in total. The van der Waals surface area contributed by atoms with Gasteiger partial charge in [-0.15, -0.1) is 0 Å². The van der Waals surface area contributed by atoms with Crippen LogP contribution in [0.5, 0.6) is 0 Å². The summed E-state index contributed by atoms with van der Waals surface area (Å²) in [4.78, 5) is 2.20. The number of hydrogen-bond acceptors (Lipinski definition) is 1. The summed E-state index contributed by atoms with van der Waals surface area (Å²) in [6.07, 6.45) is 30.6. The van der Waals surface area contributed by atoms with Gasteiger partial charge < -0.3 is 4.90 Å². The van der Waals surface area contributed by atoms with Gasteiger partial charge in [0.15, 0.2) is 0 Å². The van der Waals surface area contributed by atoms with Crippen LogP contribution >= 0.6 is 0 Å². The zero-order valence-electron chi connectivity index (χ0n) is 20.2. The molecule has 2 aliphatic carbocycles. The summed E-state index contributed by atoms with van der Waals surface area (Å²) in [5.74, 6) is 0.642. The first-order valence-corrected chi connectivity index (χ1v) is 12.2. The second kappa shape index (κ2) is 11.9. The largest absolute Gasteiger partial charge is 0.309 e. The predicted molar refractivity (Wildman–Crippen MR) is 147 cm³/mol. The standard InChI is InChI=1S/C33H33N/c1-27-22-24-31(25-23-27)34(33-21-13-12-20-32(33)30-18-8-6-9-19-30)26-14-5-3-4-7-16-29-17-11-10-15-28(29)2/h3-5,7-8,10-14,17-22,24,26,28H,6,9,15-16H2,1-2H3/b5-3-,7-4-,26-14+/t28-/m0/s1. The summed E-state index contributed by atoms with van der Waals surface area (Å²) >= 11 is 0. The third-order valence-corrected chi connectivity index (χ3v) is 6.24. The Kier molecular flexibility index (Phi) is 8.20. The van der Waals surface area contributed by atoms with Crippen LogP contribution in [0.1, 0.15) is 43.7 Å². The highest BCUT2D eigenvalue weighted by atomic mass is 15.1. The molecule has 2 aliphatic rings. The van der Waals surface area contributed by atoms with E-state index in [1.54, 1.807) is 0 Å². The number of anilines is 2. The Morgan fingerprint density at radius 2 is 1.85 bits per heavy atom. The van der Waals surface area contributed by atoms with Gasteiger partial charge >= 0.3 is 0 Å². The van der Waals surface area contributed by atoms with E-state index in [1.807, 2.05) is 6.92 Å². The van der Waals surface area contributed by atoms with Crippen molar-refractivity contribution >= 4 is 16.9 Å². The predicted octanol–water partition coefficient (Wildman–Crippen LogP) is 9.01. The second-order valence-electron chi connectivity index (χ2n) is 8.84. The SMILES string of the molecule is Cc1c#cc(N(/C=C/C=C\C=C/CC2=CC=CC[C@@H]2C)c2ccccc2C2=CCCC=C2)cc1. The molecule has 2 aromatic rings. The maximum Gasteiger partial charge on any atom is 0.0969 e. The van der Waals surface area contributed by atoms with Gasteiger partial charge in [-0.3, -0.25) is 0 Å². The molecule has 0 aromatic heterocycles. The van der Waals surface area contributed by atoms with Crippen LogP contribution in [0.2, 0.25) is 0 Å².